The Bertz CT molecular complexity index is 1110. The molecule has 4 heterocycles. The van der Waals surface area contributed by atoms with Gasteiger partial charge in [0.2, 0.25) is 5.78 Å². The molecule has 1 atom stereocenters. The van der Waals surface area contributed by atoms with E-state index in [4.69, 9.17) is 4.74 Å². The Labute approximate surface area is 157 Å². The normalized spacial score (nSPS) is 17.7. The summed E-state index contributed by atoms with van der Waals surface area (Å²) in [7, 11) is 1.68. The SMILES string of the molecule is Cc1cn2c3c(=O)n(CCC(C)C)c(=O)n(C)c3nc2n1C[C@H]1CCCO1. The molecule has 0 aromatic carbocycles. The lowest BCUT2D eigenvalue weighted by atomic mass is 10.1. The van der Waals surface area contributed by atoms with Gasteiger partial charge in [0.25, 0.3) is 5.56 Å². The van der Waals surface area contributed by atoms with Gasteiger partial charge >= 0.3 is 5.69 Å². The maximum Gasteiger partial charge on any atom is 0.332 e. The summed E-state index contributed by atoms with van der Waals surface area (Å²) in [5.74, 6) is 1.10. The van der Waals surface area contributed by atoms with Crippen molar-refractivity contribution in [3.05, 3.63) is 32.7 Å². The second-order valence-corrected chi connectivity index (χ2v) is 7.95. The molecule has 3 aromatic heterocycles. The Kier molecular flexibility index (Phi) is 4.46. The van der Waals surface area contributed by atoms with Crippen LogP contribution in [-0.4, -0.2) is 35.8 Å². The first-order chi connectivity index (χ1) is 12.9. The van der Waals surface area contributed by atoms with E-state index in [0.717, 1.165) is 31.6 Å². The van der Waals surface area contributed by atoms with Gasteiger partial charge < -0.3 is 9.30 Å². The number of hydrogen-bond donors (Lipinski definition) is 0. The molecular formula is C19H27N5O3. The fourth-order valence-corrected chi connectivity index (χ4v) is 3.86. The lowest BCUT2D eigenvalue weighted by Crippen LogP contribution is -2.39. The largest absolute Gasteiger partial charge is 0.376 e. The molecule has 1 aliphatic rings. The molecular weight excluding hydrogens is 346 g/mol. The second kappa shape index (κ2) is 6.67. The van der Waals surface area contributed by atoms with E-state index in [-0.39, 0.29) is 17.4 Å². The second-order valence-electron chi connectivity index (χ2n) is 7.95. The fourth-order valence-electron chi connectivity index (χ4n) is 3.86. The predicted octanol–water partition coefficient (Wildman–Crippen LogP) is 1.68. The number of rotatable bonds is 5. The van der Waals surface area contributed by atoms with E-state index in [1.165, 1.54) is 9.13 Å². The van der Waals surface area contributed by atoms with Crippen LogP contribution in [0.4, 0.5) is 0 Å². The van der Waals surface area contributed by atoms with Crippen LogP contribution in [0.5, 0.6) is 0 Å². The van der Waals surface area contributed by atoms with Crippen molar-refractivity contribution in [1.82, 2.24) is 23.1 Å². The summed E-state index contributed by atoms with van der Waals surface area (Å²) in [6.45, 7) is 8.10. The van der Waals surface area contributed by atoms with Gasteiger partial charge in [0.15, 0.2) is 11.2 Å². The van der Waals surface area contributed by atoms with Crippen LogP contribution < -0.4 is 11.2 Å². The van der Waals surface area contributed by atoms with E-state index in [1.807, 2.05) is 17.5 Å². The molecule has 0 bridgehead atoms. The van der Waals surface area contributed by atoms with Gasteiger partial charge in [-0.15, -0.1) is 0 Å². The highest BCUT2D eigenvalue weighted by molar-refractivity contribution is 5.75. The standard InChI is InChI=1S/C19H27N5O3/c1-12(2)7-8-22-17(25)15-16(21(4)19(22)26)20-18-23(13(3)10-24(15)18)11-14-6-5-9-27-14/h10,12,14H,5-9,11H2,1-4H3/t14-/m1/s1. The molecule has 146 valence electrons. The van der Waals surface area contributed by atoms with Crippen molar-refractivity contribution in [2.75, 3.05) is 6.61 Å². The molecule has 8 nitrogen and oxygen atoms in total. The van der Waals surface area contributed by atoms with E-state index in [9.17, 15) is 9.59 Å². The molecule has 4 rings (SSSR count). The van der Waals surface area contributed by atoms with Crippen LogP contribution in [0.1, 0.15) is 38.8 Å². The minimum absolute atomic E-state index is 0.172. The van der Waals surface area contributed by atoms with Crippen LogP contribution in [0.3, 0.4) is 0 Å². The highest BCUT2D eigenvalue weighted by Crippen LogP contribution is 2.20. The molecule has 0 unspecified atom stereocenters. The average Bonchev–Trinajstić information content (AvgIpc) is 3.31. The van der Waals surface area contributed by atoms with E-state index < -0.39 is 0 Å². The summed E-state index contributed by atoms with van der Waals surface area (Å²) in [5.41, 5.74) is 1.34. The number of hydrogen-bond acceptors (Lipinski definition) is 4. The highest BCUT2D eigenvalue weighted by atomic mass is 16.5. The van der Waals surface area contributed by atoms with Gasteiger partial charge in [0.05, 0.1) is 12.6 Å². The van der Waals surface area contributed by atoms with Gasteiger partial charge in [0.1, 0.15) is 0 Å². The number of ether oxygens (including phenoxy) is 1. The first-order valence-electron chi connectivity index (χ1n) is 9.67. The van der Waals surface area contributed by atoms with Gasteiger partial charge in [-0.25, -0.2) is 4.79 Å². The molecule has 1 saturated heterocycles. The Hall–Kier alpha value is -2.35. The summed E-state index contributed by atoms with van der Waals surface area (Å²) in [4.78, 5) is 30.5. The summed E-state index contributed by atoms with van der Waals surface area (Å²) < 4.78 is 12.5. The van der Waals surface area contributed by atoms with Crippen LogP contribution in [0.2, 0.25) is 0 Å². The van der Waals surface area contributed by atoms with Crippen LogP contribution in [0.15, 0.2) is 15.8 Å². The van der Waals surface area contributed by atoms with Crippen molar-refractivity contribution in [2.45, 2.75) is 59.2 Å². The topological polar surface area (TPSA) is 75.5 Å². The molecule has 1 fully saturated rings. The van der Waals surface area contributed by atoms with Crippen LogP contribution >= 0.6 is 0 Å². The molecule has 0 radical (unpaired) electrons. The molecule has 3 aromatic rings. The first-order valence-corrected chi connectivity index (χ1v) is 9.67. The highest BCUT2D eigenvalue weighted by Gasteiger charge is 2.23. The zero-order valence-corrected chi connectivity index (χ0v) is 16.4. The third kappa shape index (κ3) is 2.92. The van der Waals surface area contributed by atoms with Crippen LogP contribution in [0, 0.1) is 12.8 Å². The first kappa shape index (κ1) is 18.0. The molecule has 8 heteroatoms. The van der Waals surface area contributed by atoms with Crippen LogP contribution in [-0.2, 0) is 24.9 Å². The number of fused-ring (bicyclic) bond motifs is 3. The molecule has 0 saturated carbocycles. The summed E-state index contributed by atoms with van der Waals surface area (Å²) >= 11 is 0. The Morgan fingerprint density at radius 3 is 2.74 bits per heavy atom. The number of aryl methyl sites for hydroxylation is 2. The van der Waals surface area contributed by atoms with E-state index >= 15 is 0 Å². The molecule has 0 N–H and O–H groups in total. The zero-order chi connectivity index (χ0) is 19.3. The van der Waals surface area contributed by atoms with Crippen LogP contribution in [0.25, 0.3) is 16.9 Å². The monoisotopic (exact) mass is 373 g/mol. The fraction of sp³-hybridized carbons (Fsp3) is 0.632. The maximum atomic E-state index is 13.1. The number of aromatic nitrogens is 5. The summed E-state index contributed by atoms with van der Waals surface area (Å²) in [5, 5.41) is 0. The minimum atomic E-state index is -0.309. The van der Waals surface area contributed by atoms with Crippen molar-refractivity contribution < 1.29 is 4.74 Å². The lowest BCUT2D eigenvalue weighted by Gasteiger charge is -2.11. The van der Waals surface area contributed by atoms with E-state index in [2.05, 4.69) is 23.4 Å². The lowest BCUT2D eigenvalue weighted by molar-refractivity contribution is 0.0974. The van der Waals surface area contributed by atoms with Gasteiger partial charge in [0, 0.05) is 32.1 Å². The quantitative estimate of drug-likeness (QED) is 0.682. The van der Waals surface area contributed by atoms with E-state index in [0.29, 0.717) is 35.9 Å². The minimum Gasteiger partial charge on any atom is -0.376 e. The van der Waals surface area contributed by atoms with E-state index in [1.54, 1.807) is 7.05 Å². The molecule has 27 heavy (non-hydrogen) atoms. The van der Waals surface area contributed by atoms with Crippen molar-refractivity contribution in [2.24, 2.45) is 13.0 Å². The van der Waals surface area contributed by atoms with Gasteiger partial charge in [-0.3, -0.25) is 18.3 Å². The number of imidazole rings is 2. The third-order valence-corrected chi connectivity index (χ3v) is 5.48. The third-order valence-electron chi connectivity index (χ3n) is 5.48. The van der Waals surface area contributed by atoms with Gasteiger partial charge in [-0.2, -0.15) is 4.98 Å². The molecule has 0 spiro atoms. The van der Waals surface area contributed by atoms with Crippen molar-refractivity contribution in [3.63, 3.8) is 0 Å². The molecule has 1 aliphatic heterocycles. The smallest absolute Gasteiger partial charge is 0.332 e. The maximum absolute atomic E-state index is 13.1. The number of nitrogens with zero attached hydrogens (tertiary/aromatic N) is 5. The van der Waals surface area contributed by atoms with Crippen molar-refractivity contribution in [1.29, 1.82) is 0 Å². The Balaban J connectivity index is 1.90. The predicted molar refractivity (Wildman–Crippen MR) is 103 cm³/mol. The Morgan fingerprint density at radius 1 is 1.30 bits per heavy atom. The molecule has 0 aliphatic carbocycles. The Morgan fingerprint density at radius 2 is 2.07 bits per heavy atom. The molecule has 0 amide bonds. The summed E-state index contributed by atoms with van der Waals surface area (Å²) in [6.07, 6.45) is 4.99. The van der Waals surface area contributed by atoms with Crippen molar-refractivity contribution >= 4 is 16.9 Å². The summed E-state index contributed by atoms with van der Waals surface area (Å²) in [6, 6.07) is 0. The van der Waals surface area contributed by atoms with Gasteiger partial charge in [-0.1, -0.05) is 13.8 Å². The van der Waals surface area contributed by atoms with Crippen molar-refractivity contribution in [3.8, 4) is 0 Å². The average molecular weight is 373 g/mol. The van der Waals surface area contributed by atoms with Gasteiger partial charge in [-0.05, 0) is 32.1 Å². The zero-order valence-electron chi connectivity index (χ0n) is 16.4.